The Morgan fingerprint density at radius 1 is 1.24 bits per heavy atom. The number of hydrogen-bond acceptors (Lipinski definition) is 6. The van der Waals surface area contributed by atoms with Gasteiger partial charge in [-0.15, -0.1) is 0 Å². The minimum Gasteiger partial charge on any atom is -0.494 e. The number of ether oxygens (including phenoxy) is 1. The maximum Gasteiger partial charge on any atom is 0.266 e. The van der Waals surface area contributed by atoms with Gasteiger partial charge in [-0.1, -0.05) is 6.07 Å². The molecular weight excluding hydrogens is 433 g/mol. The predicted octanol–water partition coefficient (Wildman–Crippen LogP) is 4.20. The van der Waals surface area contributed by atoms with E-state index in [2.05, 4.69) is 16.4 Å². The number of benzene rings is 2. The molecule has 4 aromatic rings. The molecule has 7 nitrogen and oxygen atoms in total. The first-order valence-corrected chi connectivity index (χ1v) is 11.0. The molecule has 1 N–H and O–H groups in total. The molecular formula is C26H22FN5O2. The molecule has 0 spiro atoms. The van der Waals surface area contributed by atoms with Crippen LogP contribution in [-0.2, 0) is 0 Å². The lowest BCUT2D eigenvalue weighted by Gasteiger charge is -2.20. The van der Waals surface area contributed by atoms with Gasteiger partial charge in [-0.2, -0.15) is 5.26 Å². The number of aromatic nitrogens is 3. The van der Waals surface area contributed by atoms with Gasteiger partial charge in [0.25, 0.3) is 5.56 Å². The first-order chi connectivity index (χ1) is 16.5. The number of pyridine rings is 1. The van der Waals surface area contributed by atoms with Crippen LogP contribution in [0, 0.1) is 24.1 Å². The lowest BCUT2D eigenvalue weighted by atomic mass is 10.00. The summed E-state index contributed by atoms with van der Waals surface area (Å²) in [5, 5.41) is 13.3. The minimum atomic E-state index is -0.575. The summed E-state index contributed by atoms with van der Waals surface area (Å²) in [6.07, 6.45) is 3.46. The van der Waals surface area contributed by atoms with Crippen LogP contribution in [0.5, 0.6) is 5.75 Å². The van der Waals surface area contributed by atoms with Gasteiger partial charge >= 0.3 is 0 Å². The molecule has 8 heteroatoms. The van der Waals surface area contributed by atoms with Crippen LogP contribution in [0.25, 0.3) is 27.7 Å². The molecule has 34 heavy (non-hydrogen) atoms. The topological polar surface area (TPSA) is 92.8 Å². The molecule has 0 amide bonds. The Morgan fingerprint density at radius 3 is 2.74 bits per heavy atom. The average molecular weight is 455 g/mol. The van der Waals surface area contributed by atoms with E-state index in [0.29, 0.717) is 28.2 Å². The predicted molar refractivity (Wildman–Crippen MR) is 127 cm³/mol. The number of methoxy groups -OCH3 is 1. The number of nitrogens with one attached hydrogen (secondary N) is 1. The lowest BCUT2D eigenvalue weighted by molar-refractivity contribution is 0.386. The summed E-state index contributed by atoms with van der Waals surface area (Å²) in [7, 11) is 1.39. The molecule has 1 saturated heterocycles. The third-order valence-electron chi connectivity index (χ3n) is 6.12. The van der Waals surface area contributed by atoms with E-state index in [-0.39, 0.29) is 22.7 Å². The first-order valence-electron chi connectivity index (χ1n) is 11.0. The van der Waals surface area contributed by atoms with E-state index in [1.165, 1.54) is 29.9 Å². The number of halogens is 1. The molecule has 0 bridgehead atoms. The highest BCUT2D eigenvalue weighted by atomic mass is 19.1. The zero-order chi connectivity index (χ0) is 23.8. The molecule has 0 saturated carbocycles. The highest BCUT2D eigenvalue weighted by molar-refractivity contribution is 5.94. The first kappa shape index (κ1) is 21.7. The van der Waals surface area contributed by atoms with Gasteiger partial charge < -0.3 is 10.1 Å². The van der Waals surface area contributed by atoms with Crippen LogP contribution in [0.2, 0.25) is 0 Å². The molecule has 0 unspecified atom stereocenters. The van der Waals surface area contributed by atoms with Crippen LogP contribution in [-0.4, -0.2) is 28.2 Å². The SMILES string of the molecule is COc1ccc(-n2c([C@@H]3CCCN3)nc3c(-c4ccc(C)nc4)cc(C#N)cc3c2=O)cc1F. The Hall–Kier alpha value is -4.09. The molecule has 170 valence electrons. The number of fused-ring (bicyclic) bond motifs is 1. The Labute approximate surface area is 195 Å². The van der Waals surface area contributed by atoms with Gasteiger partial charge in [0.2, 0.25) is 0 Å². The number of nitriles is 1. The molecule has 1 fully saturated rings. The van der Waals surface area contributed by atoms with Crippen molar-refractivity contribution >= 4 is 10.9 Å². The minimum absolute atomic E-state index is 0.0898. The van der Waals surface area contributed by atoms with Crippen molar-refractivity contribution in [3.63, 3.8) is 0 Å². The van der Waals surface area contributed by atoms with Crippen molar-refractivity contribution in [1.29, 1.82) is 5.26 Å². The second kappa shape index (κ2) is 8.69. The van der Waals surface area contributed by atoms with Crippen molar-refractivity contribution in [2.24, 2.45) is 0 Å². The van der Waals surface area contributed by atoms with E-state index in [1.807, 2.05) is 19.1 Å². The summed E-state index contributed by atoms with van der Waals surface area (Å²) in [5.74, 6) is 0.0205. The Morgan fingerprint density at radius 2 is 2.09 bits per heavy atom. The van der Waals surface area contributed by atoms with Crippen LogP contribution >= 0.6 is 0 Å². The van der Waals surface area contributed by atoms with E-state index in [9.17, 15) is 14.4 Å². The van der Waals surface area contributed by atoms with Gasteiger partial charge in [0.1, 0.15) is 5.82 Å². The van der Waals surface area contributed by atoms with Gasteiger partial charge in [-0.25, -0.2) is 9.37 Å². The molecule has 1 aliphatic heterocycles. The van der Waals surface area contributed by atoms with Gasteiger partial charge in [0, 0.05) is 29.1 Å². The molecule has 2 aromatic heterocycles. The van der Waals surface area contributed by atoms with Gasteiger partial charge in [-0.05, 0) is 56.6 Å². The Balaban J connectivity index is 1.85. The average Bonchev–Trinajstić information content (AvgIpc) is 3.39. The summed E-state index contributed by atoms with van der Waals surface area (Å²) >= 11 is 0. The van der Waals surface area contributed by atoms with Crippen molar-refractivity contribution in [2.45, 2.75) is 25.8 Å². The van der Waals surface area contributed by atoms with Crippen molar-refractivity contribution in [1.82, 2.24) is 19.9 Å². The maximum atomic E-state index is 14.6. The van der Waals surface area contributed by atoms with Crippen LogP contribution in [0.15, 0.2) is 53.5 Å². The van der Waals surface area contributed by atoms with Crippen LogP contribution in [0.4, 0.5) is 4.39 Å². The quantitative estimate of drug-likeness (QED) is 0.496. The van der Waals surface area contributed by atoms with Gasteiger partial charge in [0.15, 0.2) is 11.6 Å². The molecule has 2 aromatic carbocycles. The molecule has 0 aliphatic carbocycles. The third-order valence-corrected chi connectivity index (χ3v) is 6.12. The summed E-state index contributed by atoms with van der Waals surface area (Å²) in [4.78, 5) is 23.2. The van der Waals surface area contributed by atoms with E-state index >= 15 is 0 Å². The number of nitrogens with zero attached hydrogens (tertiary/aromatic N) is 4. The van der Waals surface area contributed by atoms with E-state index in [1.54, 1.807) is 18.3 Å². The summed E-state index contributed by atoms with van der Waals surface area (Å²) < 4.78 is 21.1. The fourth-order valence-electron chi connectivity index (χ4n) is 4.40. The fourth-order valence-corrected chi connectivity index (χ4v) is 4.40. The normalized spacial score (nSPS) is 15.4. The molecule has 1 atom stereocenters. The van der Waals surface area contributed by atoms with E-state index in [4.69, 9.17) is 9.72 Å². The second-order valence-electron chi connectivity index (χ2n) is 8.30. The number of aryl methyl sites for hydroxylation is 1. The zero-order valence-corrected chi connectivity index (χ0v) is 18.8. The maximum absolute atomic E-state index is 14.6. The van der Waals surface area contributed by atoms with E-state index < -0.39 is 5.82 Å². The van der Waals surface area contributed by atoms with Crippen molar-refractivity contribution in [3.05, 3.63) is 81.9 Å². The lowest BCUT2D eigenvalue weighted by Crippen LogP contribution is -2.29. The van der Waals surface area contributed by atoms with Crippen LogP contribution < -0.4 is 15.6 Å². The number of hydrogen-bond donors (Lipinski definition) is 1. The highest BCUT2D eigenvalue weighted by Crippen LogP contribution is 2.31. The molecule has 5 rings (SSSR count). The Kier molecular flexibility index (Phi) is 5.56. The molecule has 0 radical (unpaired) electrons. The standard InChI is InChI=1S/C26H22FN5O2/c1-15-5-6-17(14-30-15)19-10-16(13-28)11-20-24(19)31-25(22-4-3-9-29-22)32(26(20)33)18-7-8-23(34-2)21(27)12-18/h5-8,10-12,14,22,29H,3-4,9H2,1-2H3/t22-/m0/s1. The molecule has 3 heterocycles. The monoisotopic (exact) mass is 455 g/mol. The fraction of sp³-hybridized carbons (Fsp3) is 0.231. The summed E-state index contributed by atoms with van der Waals surface area (Å²) in [5.41, 5.74) is 3.09. The van der Waals surface area contributed by atoms with Crippen LogP contribution in [0.1, 0.15) is 36.0 Å². The van der Waals surface area contributed by atoms with E-state index in [0.717, 1.165) is 30.6 Å². The Bertz CT molecular complexity index is 1500. The zero-order valence-electron chi connectivity index (χ0n) is 18.8. The summed E-state index contributed by atoms with van der Waals surface area (Å²) in [6.45, 7) is 2.69. The van der Waals surface area contributed by atoms with Crippen molar-refractivity contribution in [3.8, 4) is 28.6 Å². The number of rotatable bonds is 4. The third kappa shape index (κ3) is 3.70. The highest BCUT2D eigenvalue weighted by Gasteiger charge is 2.25. The largest absolute Gasteiger partial charge is 0.494 e. The van der Waals surface area contributed by atoms with Crippen molar-refractivity contribution in [2.75, 3.05) is 13.7 Å². The molecule has 1 aliphatic rings. The van der Waals surface area contributed by atoms with Crippen molar-refractivity contribution < 1.29 is 9.13 Å². The summed E-state index contributed by atoms with van der Waals surface area (Å²) in [6, 6.07) is 13.4. The van der Waals surface area contributed by atoms with Gasteiger partial charge in [-0.3, -0.25) is 14.3 Å². The van der Waals surface area contributed by atoms with Gasteiger partial charge in [0.05, 0.1) is 41.4 Å². The second-order valence-corrected chi connectivity index (χ2v) is 8.30. The van der Waals surface area contributed by atoms with Crippen LogP contribution in [0.3, 0.4) is 0 Å². The smallest absolute Gasteiger partial charge is 0.266 e.